The lowest BCUT2D eigenvalue weighted by Crippen LogP contribution is -2.62. The van der Waals surface area contributed by atoms with Gasteiger partial charge in [0.2, 0.25) is 23.6 Å². The van der Waals surface area contributed by atoms with E-state index in [-0.39, 0.29) is 24.2 Å². The molecule has 210 valence electrons. The zero-order valence-corrected chi connectivity index (χ0v) is 23.6. The molecule has 3 rings (SSSR count). The number of nitrogens with one attached hydrogen (secondary N) is 3. The molecule has 5 atom stereocenters. The highest BCUT2D eigenvalue weighted by atomic mass is 32.1. The lowest BCUT2D eigenvalue weighted by molar-refractivity contribution is -0.144. The van der Waals surface area contributed by atoms with Gasteiger partial charge in [-0.15, -0.1) is 0 Å². The first-order chi connectivity index (χ1) is 18.3. The van der Waals surface area contributed by atoms with Crippen molar-refractivity contribution in [1.29, 1.82) is 0 Å². The summed E-state index contributed by atoms with van der Waals surface area (Å²) in [6, 6.07) is 4.15. The Morgan fingerprint density at radius 1 is 0.974 bits per heavy atom. The van der Waals surface area contributed by atoms with Crippen LogP contribution in [0, 0.1) is 5.92 Å². The highest BCUT2D eigenvalue weighted by Crippen LogP contribution is 2.23. The van der Waals surface area contributed by atoms with Gasteiger partial charge in [0.05, 0.1) is 7.11 Å². The Morgan fingerprint density at radius 3 is 2.32 bits per heavy atom. The van der Waals surface area contributed by atoms with Crippen molar-refractivity contribution >= 4 is 36.3 Å². The Bertz CT molecular complexity index is 972. The molecule has 2 fully saturated rings. The monoisotopic (exact) mass is 546 g/mol. The predicted octanol–water partition coefficient (Wildman–Crippen LogP) is 2.23. The minimum atomic E-state index is -0.916. The summed E-state index contributed by atoms with van der Waals surface area (Å²) >= 11 is 4.25. The number of carbonyl (C=O) groups excluding carboxylic acids is 4. The third-order valence-electron chi connectivity index (χ3n) is 7.63. The quantitative estimate of drug-likeness (QED) is 0.265. The summed E-state index contributed by atoms with van der Waals surface area (Å²) in [4.78, 5) is 55.7. The molecule has 1 aromatic carbocycles. The van der Waals surface area contributed by atoms with E-state index in [0.29, 0.717) is 38.0 Å². The Morgan fingerprint density at radius 2 is 1.66 bits per heavy atom. The number of amides is 4. The SMILES string of the molecule is CCC(C)[C@@H]1NC(=O)[C@@H](Cc2ccc(OC)cc2)NC(=O)[C@H](CCCCCS)NC(=O)[C@@H]2CCCN2C1=O. The van der Waals surface area contributed by atoms with Crippen LogP contribution in [0.4, 0.5) is 0 Å². The lowest BCUT2D eigenvalue weighted by atomic mass is 9.95. The van der Waals surface area contributed by atoms with Gasteiger partial charge in [0, 0.05) is 13.0 Å². The Labute approximate surface area is 231 Å². The number of rotatable bonds is 10. The second kappa shape index (κ2) is 14.4. The second-order valence-electron chi connectivity index (χ2n) is 10.3. The molecule has 0 saturated carbocycles. The summed E-state index contributed by atoms with van der Waals surface area (Å²) in [5.74, 6) is -0.0663. The number of hydrogen-bond acceptors (Lipinski definition) is 6. The number of hydrogen-bond donors (Lipinski definition) is 4. The molecule has 2 saturated heterocycles. The highest BCUT2D eigenvalue weighted by Gasteiger charge is 2.41. The summed E-state index contributed by atoms with van der Waals surface area (Å²) in [6.07, 6.45) is 5.10. The van der Waals surface area contributed by atoms with Crippen LogP contribution < -0.4 is 20.7 Å². The topological polar surface area (TPSA) is 117 Å². The van der Waals surface area contributed by atoms with Crippen LogP contribution in [-0.4, -0.2) is 72.1 Å². The number of ether oxygens (including phenoxy) is 1. The third kappa shape index (κ3) is 7.65. The van der Waals surface area contributed by atoms with E-state index in [2.05, 4.69) is 28.6 Å². The number of carbonyl (C=O) groups is 4. The molecule has 4 amide bonds. The van der Waals surface area contributed by atoms with E-state index in [1.807, 2.05) is 26.0 Å². The van der Waals surface area contributed by atoms with Crippen molar-refractivity contribution in [3.8, 4) is 5.75 Å². The number of unbranched alkanes of at least 4 members (excludes halogenated alkanes) is 2. The van der Waals surface area contributed by atoms with E-state index >= 15 is 0 Å². The molecular weight excluding hydrogens is 504 g/mol. The number of thiol groups is 1. The maximum absolute atomic E-state index is 13.7. The maximum atomic E-state index is 13.7. The van der Waals surface area contributed by atoms with Crippen molar-refractivity contribution in [1.82, 2.24) is 20.9 Å². The summed E-state index contributed by atoms with van der Waals surface area (Å²) in [6.45, 7) is 4.33. The van der Waals surface area contributed by atoms with Crippen molar-refractivity contribution in [2.75, 3.05) is 19.4 Å². The largest absolute Gasteiger partial charge is 0.497 e. The van der Waals surface area contributed by atoms with Crippen LogP contribution >= 0.6 is 12.6 Å². The molecule has 2 aliphatic rings. The van der Waals surface area contributed by atoms with E-state index in [0.717, 1.165) is 30.6 Å². The average molecular weight is 547 g/mol. The van der Waals surface area contributed by atoms with Crippen LogP contribution in [0.15, 0.2) is 24.3 Å². The Balaban J connectivity index is 1.93. The maximum Gasteiger partial charge on any atom is 0.246 e. The van der Waals surface area contributed by atoms with Crippen molar-refractivity contribution in [2.24, 2.45) is 5.92 Å². The molecule has 1 unspecified atom stereocenters. The van der Waals surface area contributed by atoms with E-state index in [9.17, 15) is 19.2 Å². The van der Waals surface area contributed by atoms with Crippen LogP contribution in [0.3, 0.4) is 0 Å². The van der Waals surface area contributed by atoms with Gasteiger partial charge in [0.25, 0.3) is 0 Å². The van der Waals surface area contributed by atoms with Crippen LogP contribution in [0.2, 0.25) is 0 Å². The fourth-order valence-corrected chi connectivity index (χ4v) is 5.29. The van der Waals surface area contributed by atoms with Gasteiger partial charge < -0.3 is 25.6 Å². The summed E-state index contributed by atoms with van der Waals surface area (Å²) in [5.41, 5.74) is 0.832. The molecule has 38 heavy (non-hydrogen) atoms. The van der Waals surface area contributed by atoms with Gasteiger partial charge in [0.1, 0.15) is 29.9 Å². The molecule has 9 nitrogen and oxygen atoms in total. The molecule has 2 aliphatic heterocycles. The number of fused-ring (bicyclic) bond motifs is 1. The van der Waals surface area contributed by atoms with Gasteiger partial charge >= 0.3 is 0 Å². The summed E-state index contributed by atoms with van der Waals surface area (Å²) < 4.78 is 5.23. The first-order valence-electron chi connectivity index (χ1n) is 13.7. The molecule has 1 aromatic rings. The fraction of sp³-hybridized carbons (Fsp3) is 0.643. The molecule has 0 aliphatic carbocycles. The van der Waals surface area contributed by atoms with Crippen molar-refractivity contribution < 1.29 is 23.9 Å². The molecule has 2 heterocycles. The Hall–Kier alpha value is -2.75. The molecule has 0 bridgehead atoms. The molecule has 0 radical (unpaired) electrons. The van der Waals surface area contributed by atoms with Crippen LogP contribution in [0.25, 0.3) is 0 Å². The van der Waals surface area contributed by atoms with Gasteiger partial charge in [0.15, 0.2) is 0 Å². The van der Waals surface area contributed by atoms with E-state index in [1.54, 1.807) is 24.1 Å². The smallest absolute Gasteiger partial charge is 0.246 e. The highest BCUT2D eigenvalue weighted by molar-refractivity contribution is 7.80. The van der Waals surface area contributed by atoms with E-state index < -0.39 is 36.0 Å². The number of nitrogens with zero attached hydrogens (tertiary/aromatic N) is 1. The molecule has 3 N–H and O–H groups in total. The number of benzene rings is 1. The average Bonchev–Trinajstić information content (AvgIpc) is 3.42. The van der Waals surface area contributed by atoms with Gasteiger partial charge in [-0.2, -0.15) is 12.6 Å². The molecular formula is C28H42N4O5S. The van der Waals surface area contributed by atoms with E-state index in [4.69, 9.17) is 4.74 Å². The van der Waals surface area contributed by atoms with Gasteiger partial charge in [-0.05, 0) is 55.1 Å². The van der Waals surface area contributed by atoms with Crippen LogP contribution in [0.5, 0.6) is 5.75 Å². The Kier molecular flexibility index (Phi) is 11.3. The first-order valence-corrected chi connectivity index (χ1v) is 14.4. The van der Waals surface area contributed by atoms with Crippen molar-refractivity contribution in [3.63, 3.8) is 0 Å². The first kappa shape index (κ1) is 29.8. The van der Waals surface area contributed by atoms with Crippen LogP contribution in [0.1, 0.15) is 64.4 Å². The zero-order valence-electron chi connectivity index (χ0n) is 22.7. The van der Waals surface area contributed by atoms with Crippen molar-refractivity contribution in [3.05, 3.63) is 29.8 Å². The van der Waals surface area contributed by atoms with E-state index in [1.165, 1.54) is 0 Å². The zero-order chi connectivity index (χ0) is 27.7. The summed E-state index contributed by atoms with van der Waals surface area (Å²) in [7, 11) is 1.58. The predicted molar refractivity (Wildman–Crippen MR) is 149 cm³/mol. The molecule has 0 spiro atoms. The fourth-order valence-electron chi connectivity index (χ4n) is 5.07. The minimum Gasteiger partial charge on any atom is -0.497 e. The van der Waals surface area contributed by atoms with Gasteiger partial charge in [-0.3, -0.25) is 19.2 Å². The third-order valence-corrected chi connectivity index (χ3v) is 7.95. The minimum absolute atomic E-state index is 0.143. The summed E-state index contributed by atoms with van der Waals surface area (Å²) in [5, 5.41) is 8.74. The molecule has 10 heteroatoms. The van der Waals surface area contributed by atoms with Gasteiger partial charge in [-0.25, -0.2) is 0 Å². The number of methoxy groups -OCH3 is 1. The standard InChI is InChI=1S/C28H42N4O5S/c1-4-18(2)24-28(36)32-15-8-10-23(32)27(35)29-21(9-6-5-7-16-38)25(33)30-22(26(34)31-24)17-19-11-13-20(37-3)14-12-19/h11-14,18,21-24,38H,4-10,15-17H2,1-3H3,(H,29,35)(H,30,33)(H,31,34)/t18?,21-,22+,23-,24-/m0/s1. The lowest BCUT2D eigenvalue weighted by Gasteiger charge is -2.34. The van der Waals surface area contributed by atoms with Crippen LogP contribution in [-0.2, 0) is 25.6 Å². The van der Waals surface area contributed by atoms with Gasteiger partial charge in [-0.1, -0.05) is 45.2 Å². The normalized spacial score (nSPS) is 25.4. The van der Waals surface area contributed by atoms with Crippen molar-refractivity contribution in [2.45, 2.75) is 89.4 Å². The second-order valence-corrected chi connectivity index (χ2v) is 10.8. The molecule has 0 aromatic heterocycles.